The van der Waals surface area contributed by atoms with Gasteiger partial charge in [0, 0.05) is 6.42 Å². The molecule has 15 heavy (non-hydrogen) atoms. The van der Waals surface area contributed by atoms with Gasteiger partial charge in [-0.05, 0) is 12.1 Å². The molecule has 0 saturated carbocycles. The van der Waals surface area contributed by atoms with Crippen molar-refractivity contribution >= 4 is 5.69 Å². The maximum atomic E-state index is 11.4. The van der Waals surface area contributed by atoms with Crippen LogP contribution in [-0.2, 0) is 6.42 Å². The van der Waals surface area contributed by atoms with E-state index in [1.807, 2.05) is 37.3 Å². The van der Waals surface area contributed by atoms with E-state index >= 15 is 0 Å². The van der Waals surface area contributed by atoms with E-state index in [4.69, 9.17) is 0 Å². The van der Waals surface area contributed by atoms with E-state index in [0.29, 0.717) is 12.2 Å². The highest BCUT2D eigenvalue weighted by molar-refractivity contribution is 5.42. The molecule has 0 atom stereocenters. The van der Waals surface area contributed by atoms with E-state index in [1.54, 1.807) is 0 Å². The highest BCUT2D eigenvalue weighted by Crippen LogP contribution is 2.05. The standard InChI is InChI=1S/C10H12N4O/c1-2-9-11-12-10(15)14(9)13-8-6-4-3-5-7-8/h3-7,13H,2H2,1H3,(H,12,15). The molecule has 2 aromatic rings. The molecule has 0 radical (unpaired) electrons. The molecular formula is C10H12N4O. The van der Waals surface area contributed by atoms with Gasteiger partial charge in [0.25, 0.3) is 0 Å². The molecular weight excluding hydrogens is 192 g/mol. The molecule has 2 rings (SSSR count). The quantitative estimate of drug-likeness (QED) is 0.784. The van der Waals surface area contributed by atoms with Gasteiger partial charge in [0.2, 0.25) is 0 Å². The van der Waals surface area contributed by atoms with Crippen LogP contribution in [0.25, 0.3) is 0 Å². The number of aryl methyl sites for hydroxylation is 1. The van der Waals surface area contributed by atoms with Gasteiger partial charge in [-0.2, -0.15) is 9.77 Å². The molecule has 1 aromatic heterocycles. The number of aromatic amines is 1. The fourth-order valence-electron chi connectivity index (χ4n) is 1.32. The second-order valence-corrected chi connectivity index (χ2v) is 3.11. The number of nitrogens with one attached hydrogen (secondary N) is 2. The number of hydrogen-bond donors (Lipinski definition) is 2. The SMILES string of the molecule is CCc1n[nH]c(=O)n1Nc1ccccc1. The average molecular weight is 204 g/mol. The Morgan fingerprint density at radius 1 is 1.40 bits per heavy atom. The molecule has 0 spiro atoms. The average Bonchev–Trinajstić information content (AvgIpc) is 2.62. The first-order valence-corrected chi connectivity index (χ1v) is 4.79. The second kappa shape index (κ2) is 4.00. The molecule has 78 valence electrons. The molecule has 1 aromatic carbocycles. The zero-order chi connectivity index (χ0) is 10.7. The largest absolute Gasteiger partial charge is 0.362 e. The number of benzene rings is 1. The Bertz CT molecular complexity index is 486. The molecule has 5 nitrogen and oxygen atoms in total. The number of rotatable bonds is 3. The van der Waals surface area contributed by atoms with Gasteiger partial charge in [-0.25, -0.2) is 9.89 Å². The van der Waals surface area contributed by atoms with E-state index in [9.17, 15) is 4.79 Å². The molecule has 0 aliphatic rings. The Morgan fingerprint density at radius 2 is 2.13 bits per heavy atom. The van der Waals surface area contributed by atoms with Crippen LogP contribution in [0.15, 0.2) is 35.1 Å². The Labute approximate surface area is 86.7 Å². The number of anilines is 1. The molecule has 0 bridgehead atoms. The summed E-state index contributed by atoms with van der Waals surface area (Å²) in [5, 5.41) is 6.30. The number of H-pyrrole nitrogens is 1. The highest BCUT2D eigenvalue weighted by atomic mass is 16.2. The smallest absolute Gasteiger partial charge is 0.289 e. The molecule has 0 unspecified atom stereocenters. The van der Waals surface area contributed by atoms with E-state index in [2.05, 4.69) is 15.6 Å². The van der Waals surface area contributed by atoms with Gasteiger partial charge in [0.05, 0.1) is 5.69 Å². The molecule has 0 aliphatic carbocycles. The summed E-state index contributed by atoms with van der Waals surface area (Å²) in [6.45, 7) is 1.94. The van der Waals surface area contributed by atoms with Crippen molar-refractivity contribution in [3.05, 3.63) is 46.6 Å². The maximum Gasteiger partial charge on any atom is 0.362 e. The van der Waals surface area contributed by atoms with E-state index < -0.39 is 0 Å². The lowest BCUT2D eigenvalue weighted by atomic mass is 10.3. The minimum Gasteiger partial charge on any atom is -0.289 e. The van der Waals surface area contributed by atoms with Crippen molar-refractivity contribution < 1.29 is 0 Å². The zero-order valence-electron chi connectivity index (χ0n) is 8.40. The predicted octanol–water partition coefficient (Wildman–Crippen LogP) is 1.01. The third-order valence-electron chi connectivity index (χ3n) is 2.07. The molecule has 5 heteroatoms. The minimum atomic E-state index is -0.254. The second-order valence-electron chi connectivity index (χ2n) is 3.11. The summed E-state index contributed by atoms with van der Waals surface area (Å²) in [6.07, 6.45) is 0.693. The number of nitrogens with zero attached hydrogens (tertiary/aromatic N) is 2. The summed E-state index contributed by atoms with van der Waals surface area (Å²) in [5.41, 5.74) is 3.59. The van der Waals surface area contributed by atoms with Crippen molar-refractivity contribution in [1.82, 2.24) is 14.9 Å². The van der Waals surface area contributed by atoms with Crippen molar-refractivity contribution in [1.29, 1.82) is 0 Å². The summed E-state index contributed by atoms with van der Waals surface area (Å²) in [4.78, 5) is 11.4. The fraction of sp³-hybridized carbons (Fsp3) is 0.200. The lowest BCUT2D eigenvalue weighted by molar-refractivity contribution is 0.816. The molecule has 0 fully saturated rings. The zero-order valence-corrected chi connectivity index (χ0v) is 8.40. The predicted molar refractivity (Wildman–Crippen MR) is 57.7 cm³/mol. The number of aromatic nitrogens is 3. The van der Waals surface area contributed by atoms with Crippen LogP contribution < -0.4 is 11.1 Å². The van der Waals surface area contributed by atoms with Gasteiger partial charge in [-0.3, -0.25) is 5.43 Å². The minimum absolute atomic E-state index is 0.254. The summed E-state index contributed by atoms with van der Waals surface area (Å²) in [7, 11) is 0. The van der Waals surface area contributed by atoms with Crippen molar-refractivity contribution in [2.75, 3.05) is 5.43 Å². The normalized spacial score (nSPS) is 10.2. The molecule has 0 amide bonds. The van der Waals surface area contributed by atoms with Gasteiger partial charge in [-0.15, -0.1) is 0 Å². The van der Waals surface area contributed by atoms with Gasteiger partial charge in [0.1, 0.15) is 0 Å². The van der Waals surface area contributed by atoms with Gasteiger partial charge < -0.3 is 0 Å². The van der Waals surface area contributed by atoms with E-state index in [-0.39, 0.29) is 5.69 Å². The first-order valence-electron chi connectivity index (χ1n) is 4.79. The topological polar surface area (TPSA) is 62.7 Å². The lowest BCUT2D eigenvalue weighted by Gasteiger charge is -2.06. The first kappa shape index (κ1) is 9.51. The Hall–Kier alpha value is -2.04. The summed E-state index contributed by atoms with van der Waals surface area (Å²) in [5.74, 6) is 0.684. The van der Waals surface area contributed by atoms with Crippen LogP contribution in [0.5, 0.6) is 0 Å². The first-order chi connectivity index (χ1) is 7.31. The summed E-state index contributed by atoms with van der Waals surface area (Å²) >= 11 is 0. The fourth-order valence-corrected chi connectivity index (χ4v) is 1.32. The van der Waals surface area contributed by atoms with E-state index in [1.165, 1.54) is 4.68 Å². The molecule has 2 N–H and O–H groups in total. The molecule has 1 heterocycles. The Morgan fingerprint density at radius 3 is 2.80 bits per heavy atom. The third kappa shape index (κ3) is 1.90. The number of hydrogen-bond acceptors (Lipinski definition) is 3. The molecule has 0 saturated heterocycles. The molecule has 0 aliphatic heterocycles. The van der Waals surface area contributed by atoms with Crippen LogP contribution in [-0.4, -0.2) is 14.9 Å². The lowest BCUT2D eigenvalue weighted by Crippen LogP contribution is -2.25. The van der Waals surface area contributed by atoms with Gasteiger partial charge in [-0.1, -0.05) is 25.1 Å². The van der Waals surface area contributed by atoms with Gasteiger partial charge in [0.15, 0.2) is 5.82 Å². The van der Waals surface area contributed by atoms with Crippen molar-refractivity contribution in [3.63, 3.8) is 0 Å². The van der Waals surface area contributed by atoms with Crippen molar-refractivity contribution in [2.45, 2.75) is 13.3 Å². The monoisotopic (exact) mass is 204 g/mol. The maximum absolute atomic E-state index is 11.4. The van der Waals surface area contributed by atoms with E-state index in [0.717, 1.165) is 5.69 Å². The van der Waals surface area contributed by atoms with Crippen LogP contribution in [0, 0.1) is 0 Å². The van der Waals surface area contributed by atoms with Crippen molar-refractivity contribution in [3.8, 4) is 0 Å². The van der Waals surface area contributed by atoms with Crippen LogP contribution in [0.3, 0.4) is 0 Å². The number of para-hydroxylation sites is 1. The van der Waals surface area contributed by atoms with Crippen molar-refractivity contribution in [2.24, 2.45) is 0 Å². The Balaban J connectivity index is 2.32. The third-order valence-corrected chi connectivity index (χ3v) is 2.07. The van der Waals surface area contributed by atoms with Crippen LogP contribution in [0.2, 0.25) is 0 Å². The summed E-state index contributed by atoms with van der Waals surface area (Å²) < 4.78 is 1.41. The van der Waals surface area contributed by atoms with Crippen LogP contribution in [0.4, 0.5) is 5.69 Å². The Kier molecular flexibility index (Phi) is 2.53. The highest BCUT2D eigenvalue weighted by Gasteiger charge is 2.05. The van der Waals surface area contributed by atoms with Crippen LogP contribution >= 0.6 is 0 Å². The van der Waals surface area contributed by atoms with Gasteiger partial charge >= 0.3 is 5.69 Å². The summed E-state index contributed by atoms with van der Waals surface area (Å²) in [6, 6.07) is 9.50. The van der Waals surface area contributed by atoms with Crippen LogP contribution in [0.1, 0.15) is 12.7 Å².